The number of nitrogens with one attached hydrogen (secondary N) is 1. The first-order valence-electron chi connectivity index (χ1n) is 9.21. The minimum absolute atomic E-state index is 0.0269. The number of alkyl halides is 3. The smallest absolute Gasteiger partial charge is 0.417 e. The van der Waals surface area contributed by atoms with Gasteiger partial charge in [0.25, 0.3) is 11.8 Å². The Bertz CT molecular complexity index is 1060. The lowest BCUT2D eigenvalue weighted by Gasteiger charge is -2.27. The molecule has 2 heterocycles. The van der Waals surface area contributed by atoms with Crippen LogP contribution >= 0.6 is 0 Å². The Morgan fingerprint density at radius 3 is 2.56 bits per heavy atom. The summed E-state index contributed by atoms with van der Waals surface area (Å²) in [6.45, 7) is 0.761. The van der Waals surface area contributed by atoms with Gasteiger partial charge in [0, 0.05) is 23.4 Å². The van der Waals surface area contributed by atoms with E-state index in [1.807, 2.05) is 0 Å². The summed E-state index contributed by atoms with van der Waals surface area (Å²) in [6.07, 6.45) is -6.19. The Labute approximate surface area is 178 Å². The van der Waals surface area contributed by atoms with E-state index in [4.69, 9.17) is 15.2 Å². The number of anilines is 1. The summed E-state index contributed by atoms with van der Waals surface area (Å²) < 4.78 is 78.9. The van der Waals surface area contributed by atoms with Crippen LogP contribution in [0.4, 0.5) is 27.6 Å². The van der Waals surface area contributed by atoms with Crippen molar-refractivity contribution in [2.75, 3.05) is 12.4 Å². The van der Waals surface area contributed by atoms with Gasteiger partial charge in [0.15, 0.2) is 17.2 Å². The number of aromatic nitrogens is 1. The Morgan fingerprint density at radius 1 is 1.28 bits per heavy atom. The Morgan fingerprint density at radius 2 is 1.97 bits per heavy atom. The minimum atomic E-state index is -4.86. The predicted molar refractivity (Wildman–Crippen MR) is 101 cm³/mol. The lowest BCUT2D eigenvalue weighted by Crippen LogP contribution is -2.43. The monoisotopic (exact) mass is 459 g/mol. The molecule has 7 nitrogen and oxygen atoms in total. The molecule has 3 N–H and O–H groups in total. The van der Waals surface area contributed by atoms with Gasteiger partial charge in [-0.15, -0.1) is 0 Å². The quantitative estimate of drug-likeness (QED) is 0.668. The zero-order chi connectivity index (χ0) is 23.8. The number of amides is 2. The number of rotatable bonds is 5. The van der Waals surface area contributed by atoms with E-state index in [1.165, 1.54) is 12.3 Å². The van der Waals surface area contributed by atoms with Crippen molar-refractivity contribution >= 4 is 17.5 Å². The van der Waals surface area contributed by atoms with Gasteiger partial charge in [-0.3, -0.25) is 14.6 Å². The van der Waals surface area contributed by atoms with E-state index in [2.05, 4.69) is 10.3 Å². The standard InChI is InChI=1S/C20H18F5N3O4/c1-19(20(23,24)25)8-11(10-3-4-12(21)14(22)15(10)31-2)16(32-19)18(30)28-9-5-6-27-13(7-9)17(26)29/h3-7,11,16H,8H2,1-2H3,(H2,26,29)(H,27,28,30)/t11-,16+,19-/m0/s1. The summed E-state index contributed by atoms with van der Waals surface area (Å²) in [7, 11) is 1.03. The molecule has 0 unspecified atom stereocenters. The van der Waals surface area contributed by atoms with Gasteiger partial charge < -0.3 is 20.5 Å². The minimum Gasteiger partial charge on any atom is -0.493 e. The summed E-state index contributed by atoms with van der Waals surface area (Å²) in [5.41, 5.74) is 2.07. The third-order valence-corrected chi connectivity index (χ3v) is 5.18. The van der Waals surface area contributed by atoms with Gasteiger partial charge in [0.05, 0.1) is 7.11 Å². The summed E-state index contributed by atoms with van der Waals surface area (Å²) in [4.78, 5) is 27.9. The third-order valence-electron chi connectivity index (χ3n) is 5.18. The van der Waals surface area contributed by atoms with Crippen molar-refractivity contribution in [3.05, 3.63) is 53.4 Å². The molecular formula is C20H18F5N3O4. The van der Waals surface area contributed by atoms with Crippen molar-refractivity contribution in [3.8, 4) is 5.75 Å². The van der Waals surface area contributed by atoms with Crippen molar-refractivity contribution in [3.63, 3.8) is 0 Å². The molecule has 2 amide bonds. The topological polar surface area (TPSA) is 104 Å². The number of nitrogens with two attached hydrogens (primary N) is 1. The zero-order valence-electron chi connectivity index (χ0n) is 16.8. The second kappa shape index (κ2) is 8.34. The zero-order valence-corrected chi connectivity index (χ0v) is 16.8. The molecule has 0 aliphatic carbocycles. The fourth-order valence-corrected chi connectivity index (χ4v) is 3.53. The first kappa shape index (κ1) is 23.4. The molecule has 1 fully saturated rings. The maximum Gasteiger partial charge on any atom is 0.417 e. The molecule has 3 atom stereocenters. The van der Waals surface area contributed by atoms with E-state index in [0.29, 0.717) is 0 Å². The maximum absolute atomic E-state index is 14.2. The van der Waals surface area contributed by atoms with Crippen LogP contribution in [0.15, 0.2) is 30.5 Å². The van der Waals surface area contributed by atoms with Crippen molar-refractivity contribution in [2.45, 2.75) is 37.1 Å². The van der Waals surface area contributed by atoms with Crippen LogP contribution in [-0.2, 0) is 9.53 Å². The van der Waals surface area contributed by atoms with Crippen molar-refractivity contribution in [1.82, 2.24) is 4.98 Å². The molecule has 32 heavy (non-hydrogen) atoms. The molecule has 1 aliphatic heterocycles. The van der Waals surface area contributed by atoms with Crippen LogP contribution in [0.25, 0.3) is 0 Å². The average molecular weight is 459 g/mol. The highest BCUT2D eigenvalue weighted by atomic mass is 19.4. The van der Waals surface area contributed by atoms with Gasteiger partial charge in [0.1, 0.15) is 11.8 Å². The Kier molecular flexibility index (Phi) is 6.09. The molecule has 0 spiro atoms. The first-order chi connectivity index (χ1) is 14.9. The van der Waals surface area contributed by atoms with E-state index in [1.54, 1.807) is 0 Å². The van der Waals surface area contributed by atoms with E-state index in [9.17, 15) is 31.5 Å². The molecule has 12 heteroatoms. The lowest BCUT2D eigenvalue weighted by molar-refractivity contribution is -0.261. The average Bonchev–Trinajstić information content (AvgIpc) is 3.09. The number of pyridine rings is 1. The van der Waals surface area contributed by atoms with Gasteiger partial charge in [-0.25, -0.2) is 4.39 Å². The molecule has 172 valence electrons. The lowest BCUT2D eigenvalue weighted by atomic mass is 9.85. The summed E-state index contributed by atoms with van der Waals surface area (Å²) in [6, 6.07) is 4.19. The number of halogens is 5. The third kappa shape index (κ3) is 4.22. The van der Waals surface area contributed by atoms with Crippen LogP contribution in [-0.4, -0.2) is 41.8 Å². The molecule has 1 aliphatic rings. The Balaban J connectivity index is 2.01. The van der Waals surface area contributed by atoms with Gasteiger partial charge in [-0.1, -0.05) is 6.07 Å². The second-order valence-corrected chi connectivity index (χ2v) is 7.34. The maximum atomic E-state index is 14.2. The van der Waals surface area contributed by atoms with E-state index < -0.39 is 59.4 Å². The number of primary amides is 1. The highest BCUT2D eigenvalue weighted by molar-refractivity contribution is 5.97. The number of hydrogen-bond acceptors (Lipinski definition) is 5. The van der Waals surface area contributed by atoms with Crippen LogP contribution in [0.2, 0.25) is 0 Å². The molecule has 0 bridgehead atoms. The van der Waals surface area contributed by atoms with Crippen molar-refractivity contribution in [2.24, 2.45) is 5.73 Å². The summed E-state index contributed by atoms with van der Waals surface area (Å²) in [5, 5.41) is 2.34. The van der Waals surface area contributed by atoms with Crippen LogP contribution in [0.3, 0.4) is 0 Å². The first-order valence-corrected chi connectivity index (χ1v) is 9.21. The van der Waals surface area contributed by atoms with Gasteiger partial charge in [-0.2, -0.15) is 17.6 Å². The van der Waals surface area contributed by atoms with Crippen LogP contribution in [0, 0.1) is 11.6 Å². The van der Waals surface area contributed by atoms with Crippen LogP contribution in [0.1, 0.15) is 35.3 Å². The molecule has 2 aromatic rings. The number of benzene rings is 1. The van der Waals surface area contributed by atoms with E-state index >= 15 is 0 Å². The number of carbonyl (C=O) groups excluding carboxylic acids is 2. The molecule has 1 aromatic heterocycles. The van der Waals surface area contributed by atoms with E-state index in [0.717, 1.165) is 32.2 Å². The van der Waals surface area contributed by atoms with Gasteiger partial charge >= 0.3 is 6.18 Å². The normalized spacial score (nSPS) is 23.1. The molecule has 1 saturated heterocycles. The molecular weight excluding hydrogens is 441 g/mol. The highest BCUT2D eigenvalue weighted by Crippen LogP contribution is 2.51. The summed E-state index contributed by atoms with van der Waals surface area (Å²) >= 11 is 0. The van der Waals surface area contributed by atoms with Crippen molar-refractivity contribution < 1.29 is 41.0 Å². The molecule has 0 radical (unpaired) electrons. The molecule has 3 rings (SSSR count). The van der Waals surface area contributed by atoms with Gasteiger partial charge in [0.2, 0.25) is 5.82 Å². The van der Waals surface area contributed by atoms with Crippen LogP contribution < -0.4 is 15.8 Å². The number of ether oxygens (including phenoxy) is 2. The number of methoxy groups -OCH3 is 1. The number of carbonyl (C=O) groups is 2. The predicted octanol–water partition coefficient (Wildman–Crippen LogP) is 3.30. The largest absolute Gasteiger partial charge is 0.493 e. The Hall–Kier alpha value is -3.28. The van der Waals surface area contributed by atoms with E-state index in [-0.39, 0.29) is 16.9 Å². The number of hydrogen-bond donors (Lipinski definition) is 2. The summed E-state index contributed by atoms with van der Waals surface area (Å²) in [5.74, 6) is -6.50. The fourth-order valence-electron chi connectivity index (χ4n) is 3.53. The van der Waals surface area contributed by atoms with Crippen molar-refractivity contribution in [1.29, 1.82) is 0 Å². The second-order valence-electron chi connectivity index (χ2n) is 7.34. The van der Waals surface area contributed by atoms with Crippen LogP contribution in [0.5, 0.6) is 5.75 Å². The molecule has 1 aromatic carbocycles. The SMILES string of the molecule is COc1c([C@@H]2C[C@@](C)(C(F)(F)F)O[C@H]2C(=O)Nc2ccnc(C(N)=O)c2)ccc(F)c1F. The molecule has 0 saturated carbocycles. The van der Waals surface area contributed by atoms with Gasteiger partial charge in [-0.05, 0) is 31.5 Å². The fraction of sp³-hybridized carbons (Fsp3) is 0.350. The number of nitrogens with zero attached hydrogens (tertiary/aromatic N) is 1. The highest BCUT2D eigenvalue weighted by Gasteiger charge is 2.61.